The van der Waals surface area contributed by atoms with Crippen molar-refractivity contribution in [3.05, 3.63) is 65.2 Å². The van der Waals surface area contributed by atoms with Crippen molar-refractivity contribution >= 4 is 28.9 Å². The van der Waals surface area contributed by atoms with Gasteiger partial charge in [0.2, 0.25) is 0 Å². The molecule has 1 amide bonds. The molecule has 0 aliphatic carbocycles. The van der Waals surface area contributed by atoms with Gasteiger partial charge < -0.3 is 5.32 Å². The zero-order valence-electron chi connectivity index (χ0n) is 13.7. The van der Waals surface area contributed by atoms with Crippen molar-refractivity contribution in [1.29, 1.82) is 0 Å². The number of anilines is 1. The summed E-state index contributed by atoms with van der Waals surface area (Å²) in [6.45, 7) is 6.28. The predicted octanol–water partition coefficient (Wildman–Crippen LogP) is 4.64. The van der Waals surface area contributed by atoms with Crippen LogP contribution in [0.5, 0.6) is 0 Å². The molecule has 1 atom stereocenters. The average molecular weight is 326 g/mol. The van der Waals surface area contributed by atoms with Gasteiger partial charge in [-0.15, -0.1) is 0 Å². The van der Waals surface area contributed by atoms with Crippen LogP contribution < -0.4 is 10.6 Å². The van der Waals surface area contributed by atoms with Gasteiger partial charge in [0.25, 0.3) is 5.91 Å². The minimum Gasteiger partial charge on any atom is -0.332 e. The van der Waals surface area contributed by atoms with Gasteiger partial charge in [-0.1, -0.05) is 49.7 Å². The first-order chi connectivity index (χ1) is 11.0. The molecule has 0 aromatic heterocycles. The fourth-order valence-corrected chi connectivity index (χ4v) is 2.58. The second kappa shape index (κ2) is 7.88. The number of rotatable bonds is 4. The molecule has 0 heterocycles. The summed E-state index contributed by atoms with van der Waals surface area (Å²) in [4.78, 5) is 12.2. The van der Waals surface area contributed by atoms with E-state index >= 15 is 0 Å². The van der Waals surface area contributed by atoms with Gasteiger partial charge in [0.15, 0.2) is 5.11 Å². The second-order valence-corrected chi connectivity index (χ2v) is 6.08. The van der Waals surface area contributed by atoms with Gasteiger partial charge >= 0.3 is 0 Å². The summed E-state index contributed by atoms with van der Waals surface area (Å²) < 4.78 is 0. The Morgan fingerprint density at radius 3 is 2.61 bits per heavy atom. The molecule has 2 aromatic carbocycles. The van der Waals surface area contributed by atoms with Crippen LogP contribution in [0, 0.1) is 6.92 Å². The summed E-state index contributed by atoms with van der Waals surface area (Å²) in [5, 5.41) is 6.19. The standard InChI is InChI=1S/C19H22N2OS/c1-4-14(3)16-10-5-6-11-17(16)20-19(23)21-18(22)15-9-7-8-13(2)12-15/h5-12,14H,4H2,1-3H3,(H2,20,21,22,23). The van der Waals surface area contributed by atoms with E-state index in [2.05, 4.69) is 30.5 Å². The molecule has 3 nitrogen and oxygen atoms in total. The lowest BCUT2D eigenvalue weighted by atomic mass is 9.97. The fraction of sp³-hybridized carbons (Fsp3) is 0.263. The van der Waals surface area contributed by atoms with E-state index in [9.17, 15) is 4.79 Å². The van der Waals surface area contributed by atoms with Crippen molar-refractivity contribution in [3.63, 3.8) is 0 Å². The first-order valence-corrected chi connectivity index (χ1v) is 8.20. The molecule has 0 radical (unpaired) electrons. The third-order valence-electron chi connectivity index (χ3n) is 3.86. The van der Waals surface area contributed by atoms with Crippen LogP contribution >= 0.6 is 12.2 Å². The Hall–Kier alpha value is -2.20. The van der Waals surface area contributed by atoms with Gasteiger partial charge in [-0.2, -0.15) is 0 Å². The normalized spacial score (nSPS) is 11.6. The van der Waals surface area contributed by atoms with Crippen molar-refractivity contribution in [2.75, 3.05) is 5.32 Å². The summed E-state index contributed by atoms with van der Waals surface area (Å²) in [6, 6.07) is 15.5. The third-order valence-corrected chi connectivity index (χ3v) is 4.06. The predicted molar refractivity (Wildman–Crippen MR) is 100 cm³/mol. The van der Waals surface area contributed by atoms with Crippen LogP contribution in [0.1, 0.15) is 47.7 Å². The van der Waals surface area contributed by atoms with E-state index in [4.69, 9.17) is 12.2 Å². The maximum atomic E-state index is 12.2. The number of benzene rings is 2. The van der Waals surface area contributed by atoms with Gasteiger partial charge in [0, 0.05) is 11.3 Å². The Labute approximate surface area is 143 Å². The van der Waals surface area contributed by atoms with Crippen LogP contribution in [-0.4, -0.2) is 11.0 Å². The molecular formula is C19H22N2OS. The van der Waals surface area contributed by atoms with Gasteiger partial charge in [0.05, 0.1) is 0 Å². The summed E-state index contributed by atoms with van der Waals surface area (Å²) in [5.41, 5.74) is 3.78. The lowest BCUT2D eigenvalue weighted by Gasteiger charge is -2.17. The second-order valence-electron chi connectivity index (χ2n) is 5.67. The molecule has 0 bridgehead atoms. The number of para-hydroxylation sites is 1. The van der Waals surface area contributed by atoms with Crippen LogP contribution in [0.2, 0.25) is 0 Å². The highest BCUT2D eigenvalue weighted by atomic mass is 32.1. The third kappa shape index (κ3) is 4.63. The Balaban J connectivity index is 2.07. The minimum atomic E-state index is -0.202. The van der Waals surface area contributed by atoms with Crippen LogP contribution in [0.25, 0.3) is 0 Å². The summed E-state index contributed by atoms with van der Waals surface area (Å²) in [6.07, 6.45) is 1.04. The molecule has 0 spiro atoms. The van der Waals surface area contributed by atoms with Crippen molar-refractivity contribution in [2.45, 2.75) is 33.1 Å². The molecule has 0 aliphatic heterocycles. The highest BCUT2D eigenvalue weighted by Crippen LogP contribution is 2.26. The van der Waals surface area contributed by atoms with E-state index in [1.54, 1.807) is 6.07 Å². The van der Waals surface area contributed by atoms with E-state index in [-0.39, 0.29) is 5.91 Å². The lowest BCUT2D eigenvalue weighted by molar-refractivity contribution is 0.0977. The molecule has 2 rings (SSSR count). The fourth-order valence-electron chi connectivity index (χ4n) is 2.38. The zero-order chi connectivity index (χ0) is 16.8. The summed E-state index contributed by atoms with van der Waals surface area (Å²) in [7, 11) is 0. The summed E-state index contributed by atoms with van der Waals surface area (Å²) in [5.74, 6) is 0.223. The quantitative estimate of drug-likeness (QED) is 0.805. The number of thiocarbonyl (C=S) groups is 1. The van der Waals surface area contributed by atoms with E-state index < -0.39 is 0 Å². The number of carbonyl (C=O) groups is 1. The summed E-state index contributed by atoms with van der Waals surface area (Å²) >= 11 is 5.28. The number of carbonyl (C=O) groups excluding carboxylic acids is 1. The number of hydrogen-bond donors (Lipinski definition) is 2. The molecule has 0 aliphatic rings. The molecule has 2 aromatic rings. The maximum Gasteiger partial charge on any atom is 0.257 e. The van der Waals surface area contributed by atoms with E-state index in [1.165, 1.54) is 5.56 Å². The first-order valence-electron chi connectivity index (χ1n) is 7.79. The first kappa shape index (κ1) is 17.2. The Morgan fingerprint density at radius 2 is 1.91 bits per heavy atom. The number of aryl methyl sites for hydroxylation is 1. The van der Waals surface area contributed by atoms with Gasteiger partial charge in [-0.25, -0.2) is 0 Å². The van der Waals surface area contributed by atoms with Crippen molar-refractivity contribution in [1.82, 2.24) is 5.32 Å². The van der Waals surface area contributed by atoms with Gasteiger partial charge in [-0.3, -0.25) is 10.1 Å². The molecular weight excluding hydrogens is 304 g/mol. The average Bonchev–Trinajstić information content (AvgIpc) is 2.54. The monoisotopic (exact) mass is 326 g/mol. The lowest BCUT2D eigenvalue weighted by Crippen LogP contribution is -2.34. The molecule has 0 fully saturated rings. The molecule has 120 valence electrons. The Bertz CT molecular complexity index is 712. The van der Waals surface area contributed by atoms with Crippen LogP contribution in [-0.2, 0) is 0 Å². The molecule has 2 N–H and O–H groups in total. The maximum absolute atomic E-state index is 12.2. The number of amides is 1. The highest BCUT2D eigenvalue weighted by molar-refractivity contribution is 7.80. The molecule has 0 saturated heterocycles. The number of hydrogen-bond acceptors (Lipinski definition) is 2. The van der Waals surface area contributed by atoms with E-state index in [1.807, 2.05) is 43.3 Å². The van der Waals surface area contributed by atoms with E-state index in [0.717, 1.165) is 17.7 Å². The molecule has 23 heavy (non-hydrogen) atoms. The van der Waals surface area contributed by atoms with Crippen molar-refractivity contribution < 1.29 is 4.79 Å². The van der Waals surface area contributed by atoms with Crippen molar-refractivity contribution in [2.24, 2.45) is 0 Å². The van der Waals surface area contributed by atoms with Crippen LogP contribution in [0.4, 0.5) is 5.69 Å². The molecule has 1 unspecified atom stereocenters. The zero-order valence-corrected chi connectivity index (χ0v) is 14.5. The Morgan fingerprint density at radius 1 is 1.17 bits per heavy atom. The largest absolute Gasteiger partial charge is 0.332 e. The van der Waals surface area contributed by atoms with Crippen LogP contribution in [0.15, 0.2) is 48.5 Å². The smallest absolute Gasteiger partial charge is 0.257 e. The Kier molecular flexibility index (Phi) is 5.88. The van der Waals surface area contributed by atoms with Gasteiger partial charge in [0.1, 0.15) is 0 Å². The molecule has 0 saturated carbocycles. The van der Waals surface area contributed by atoms with E-state index in [0.29, 0.717) is 16.6 Å². The topological polar surface area (TPSA) is 41.1 Å². The highest BCUT2D eigenvalue weighted by Gasteiger charge is 2.12. The molecule has 4 heteroatoms. The minimum absolute atomic E-state index is 0.202. The van der Waals surface area contributed by atoms with Gasteiger partial charge in [-0.05, 0) is 55.2 Å². The number of nitrogens with one attached hydrogen (secondary N) is 2. The SMILES string of the molecule is CCC(C)c1ccccc1NC(=S)NC(=O)c1cccc(C)c1. The van der Waals surface area contributed by atoms with Crippen molar-refractivity contribution in [3.8, 4) is 0 Å². The van der Waals surface area contributed by atoms with Crippen LogP contribution in [0.3, 0.4) is 0 Å².